The predicted molar refractivity (Wildman–Crippen MR) is 117 cm³/mol. The van der Waals surface area contributed by atoms with Gasteiger partial charge in [0.25, 0.3) is 0 Å². The molecule has 1 aliphatic rings. The highest BCUT2D eigenvalue weighted by Gasteiger charge is 2.33. The Morgan fingerprint density at radius 3 is 2.21 bits per heavy atom. The van der Waals surface area contributed by atoms with E-state index in [1.165, 1.54) is 19.4 Å². The lowest BCUT2D eigenvalue weighted by molar-refractivity contribution is -0.134. The molecule has 2 unspecified atom stereocenters. The van der Waals surface area contributed by atoms with Crippen LogP contribution in [0.15, 0.2) is 11.6 Å². The number of amides is 2. The monoisotopic (exact) mass is 411 g/mol. The average molecular weight is 412 g/mol. The van der Waals surface area contributed by atoms with Crippen molar-refractivity contribution in [2.75, 3.05) is 13.1 Å². The molecule has 7 heteroatoms. The first-order valence-corrected chi connectivity index (χ1v) is 10.8. The van der Waals surface area contributed by atoms with E-state index >= 15 is 0 Å². The van der Waals surface area contributed by atoms with Crippen LogP contribution < -0.4 is 10.6 Å². The van der Waals surface area contributed by atoms with Gasteiger partial charge in [-0.2, -0.15) is 0 Å². The molecule has 1 heterocycles. The molecular weight excluding hydrogens is 370 g/mol. The van der Waals surface area contributed by atoms with Gasteiger partial charge in [-0.15, -0.1) is 0 Å². The minimum Gasteiger partial charge on any atom is -0.478 e. The van der Waals surface area contributed by atoms with Crippen LogP contribution in [0, 0.1) is 5.92 Å². The smallest absolute Gasteiger partial charge is 0.331 e. The highest BCUT2D eigenvalue weighted by molar-refractivity contribution is 5.90. The summed E-state index contributed by atoms with van der Waals surface area (Å²) < 4.78 is 0. The number of likely N-dealkylation sites (tertiary alicyclic amines) is 1. The second-order valence-electron chi connectivity index (χ2n) is 8.22. The Kier molecular flexibility index (Phi) is 13.2. The summed E-state index contributed by atoms with van der Waals surface area (Å²) in [5.74, 6) is -1.49. The molecule has 0 bridgehead atoms. The van der Waals surface area contributed by atoms with Crippen LogP contribution >= 0.6 is 0 Å². The summed E-state index contributed by atoms with van der Waals surface area (Å²) in [5, 5.41) is 14.4. The molecule has 1 rings (SSSR count). The molecule has 0 aromatic heterocycles. The van der Waals surface area contributed by atoms with Crippen molar-refractivity contribution in [1.82, 2.24) is 15.5 Å². The number of carbonyl (C=O) groups is 3. The fourth-order valence-electron chi connectivity index (χ4n) is 3.14. The zero-order valence-electron chi connectivity index (χ0n) is 19.2. The Labute approximate surface area is 176 Å². The summed E-state index contributed by atoms with van der Waals surface area (Å²) in [4.78, 5) is 38.2. The SMILES string of the molecule is C/C(=C\CNC(=O)C(NC(=O)C1CCCCN1C(C)C)C(C)C)C(=O)O.CCC. The van der Waals surface area contributed by atoms with Gasteiger partial charge in [0.15, 0.2) is 0 Å². The zero-order chi connectivity index (χ0) is 22.6. The molecule has 1 aliphatic heterocycles. The molecule has 29 heavy (non-hydrogen) atoms. The molecule has 1 fully saturated rings. The van der Waals surface area contributed by atoms with Gasteiger partial charge in [0.1, 0.15) is 6.04 Å². The maximum absolute atomic E-state index is 12.8. The molecule has 0 aromatic carbocycles. The van der Waals surface area contributed by atoms with Gasteiger partial charge >= 0.3 is 5.97 Å². The molecule has 2 amide bonds. The third-order valence-corrected chi connectivity index (χ3v) is 4.78. The number of nitrogens with one attached hydrogen (secondary N) is 2. The molecule has 3 N–H and O–H groups in total. The van der Waals surface area contributed by atoms with Crippen molar-refractivity contribution in [3.8, 4) is 0 Å². The van der Waals surface area contributed by atoms with E-state index in [2.05, 4.69) is 43.2 Å². The van der Waals surface area contributed by atoms with E-state index < -0.39 is 12.0 Å². The van der Waals surface area contributed by atoms with Crippen LogP contribution in [0.4, 0.5) is 0 Å². The van der Waals surface area contributed by atoms with E-state index in [1.54, 1.807) is 0 Å². The van der Waals surface area contributed by atoms with Crippen molar-refractivity contribution in [2.45, 2.75) is 92.3 Å². The van der Waals surface area contributed by atoms with Crippen molar-refractivity contribution in [2.24, 2.45) is 5.92 Å². The van der Waals surface area contributed by atoms with Crippen molar-refractivity contribution >= 4 is 17.8 Å². The molecule has 7 nitrogen and oxygen atoms in total. The predicted octanol–water partition coefficient (Wildman–Crippen LogP) is 2.95. The van der Waals surface area contributed by atoms with Crippen molar-refractivity contribution in [3.63, 3.8) is 0 Å². The third kappa shape index (κ3) is 9.92. The van der Waals surface area contributed by atoms with E-state index in [1.807, 2.05) is 13.8 Å². The van der Waals surface area contributed by atoms with Crippen LogP contribution in [-0.2, 0) is 14.4 Å². The number of carboxylic acid groups (broad SMARTS) is 1. The normalized spacial score (nSPS) is 18.7. The van der Waals surface area contributed by atoms with Gasteiger partial charge in [0.05, 0.1) is 6.04 Å². The first kappa shape index (κ1) is 27.1. The van der Waals surface area contributed by atoms with Gasteiger partial charge in [-0.3, -0.25) is 14.5 Å². The maximum atomic E-state index is 12.8. The molecule has 2 atom stereocenters. The second kappa shape index (κ2) is 14.1. The van der Waals surface area contributed by atoms with Crippen molar-refractivity contribution in [1.29, 1.82) is 0 Å². The molecule has 0 spiro atoms. The summed E-state index contributed by atoms with van der Waals surface area (Å²) in [7, 11) is 0. The summed E-state index contributed by atoms with van der Waals surface area (Å²) in [6, 6.07) is -0.564. The van der Waals surface area contributed by atoms with Crippen molar-refractivity contribution < 1.29 is 19.5 Å². The van der Waals surface area contributed by atoms with Crippen LogP contribution in [0.25, 0.3) is 0 Å². The molecule has 168 valence electrons. The van der Waals surface area contributed by atoms with Gasteiger partial charge in [0.2, 0.25) is 11.8 Å². The maximum Gasteiger partial charge on any atom is 0.331 e. The summed E-state index contributed by atoms with van der Waals surface area (Å²) >= 11 is 0. The van der Waals surface area contributed by atoms with Gasteiger partial charge in [-0.25, -0.2) is 4.79 Å². The fraction of sp³-hybridized carbons (Fsp3) is 0.773. The lowest BCUT2D eigenvalue weighted by atomic mass is 9.97. The number of hydrogen-bond acceptors (Lipinski definition) is 4. The number of carboxylic acids is 1. The first-order chi connectivity index (χ1) is 13.6. The van der Waals surface area contributed by atoms with Crippen LogP contribution in [0.1, 0.15) is 74.1 Å². The molecule has 0 saturated carbocycles. The summed E-state index contributed by atoms with van der Waals surface area (Å²) in [6.07, 6.45) is 5.60. The number of piperidine rings is 1. The molecule has 0 aromatic rings. The average Bonchev–Trinajstić information content (AvgIpc) is 2.65. The van der Waals surface area contributed by atoms with E-state index in [0.29, 0.717) is 0 Å². The molecular formula is C22H41N3O4. The second-order valence-corrected chi connectivity index (χ2v) is 8.22. The van der Waals surface area contributed by atoms with Crippen molar-refractivity contribution in [3.05, 3.63) is 11.6 Å². The van der Waals surface area contributed by atoms with Gasteiger partial charge in [-0.05, 0) is 46.1 Å². The number of carbonyl (C=O) groups excluding carboxylic acids is 2. The van der Waals surface area contributed by atoms with Crippen LogP contribution in [0.2, 0.25) is 0 Å². The minimum absolute atomic E-state index is 0.0698. The van der Waals surface area contributed by atoms with Gasteiger partial charge in [-0.1, -0.05) is 46.6 Å². The zero-order valence-corrected chi connectivity index (χ0v) is 19.2. The Hall–Kier alpha value is -1.89. The first-order valence-electron chi connectivity index (χ1n) is 10.8. The number of aliphatic carboxylic acids is 1. The van der Waals surface area contributed by atoms with Crippen LogP contribution in [0.3, 0.4) is 0 Å². The molecule has 0 aliphatic carbocycles. The Morgan fingerprint density at radius 1 is 1.14 bits per heavy atom. The lowest BCUT2D eigenvalue weighted by Gasteiger charge is -2.38. The summed E-state index contributed by atoms with van der Waals surface area (Å²) in [5.41, 5.74) is 0.171. The number of hydrogen-bond donors (Lipinski definition) is 3. The standard InChI is InChI=1S/C19H33N3O4.C3H8/c1-12(2)16(18(24)20-10-9-14(5)19(25)26)21-17(23)15-8-6-7-11-22(15)13(3)4;1-3-2/h9,12-13,15-16H,6-8,10-11H2,1-5H3,(H,20,24)(H,21,23)(H,25,26);3H2,1-2H3/b14-9+;. The highest BCUT2D eigenvalue weighted by Crippen LogP contribution is 2.20. The highest BCUT2D eigenvalue weighted by atomic mass is 16.4. The van der Waals surface area contributed by atoms with Gasteiger partial charge in [0, 0.05) is 18.2 Å². The van der Waals surface area contributed by atoms with E-state index in [-0.39, 0.29) is 41.9 Å². The van der Waals surface area contributed by atoms with E-state index in [4.69, 9.17) is 5.11 Å². The Morgan fingerprint density at radius 2 is 1.72 bits per heavy atom. The fourth-order valence-corrected chi connectivity index (χ4v) is 3.14. The largest absolute Gasteiger partial charge is 0.478 e. The molecule has 1 saturated heterocycles. The Balaban J connectivity index is 0.00000245. The Bertz CT molecular complexity index is 558. The quantitative estimate of drug-likeness (QED) is 0.533. The van der Waals surface area contributed by atoms with Crippen LogP contribution in [-0.4, -0.2) is 59.0 Å². The third-order valence-electron chi connectivity index (χ3n) is 4.78. The number of nitrogens with zero attached hydrogens (tertiary/aromatic N) is 1. The topological polar surface area (TPSA) is 98.7 Å². The molecule has 0 radical (unpaired) electrons. The minimum atomic E-state index is -1.01. The number of rotatable bonds is 8. The summed E-state index contributed by atoms with van der Waals surface area (Å²) in [6.45, 7) is 14.7. The van der Waals surface area contributed by atoms with Crippen LogP contribution in [0.5, 0.6) is 0 Å². The van der Waals surface area contributed by atoms with Gasteiger partial charge < -0.3 is 15.7 Å². The van der Waals surface area contributed by atoms with E-state index in [0.717, 1.165) is 25.8 Å². The lowest BCUT2D eigenvalue weighted by Crippen LogP contribution is -2.57. The van der Waals surface area contributed by atoms with E-state index in [9.17, 15) is 14.4 Å².